The van der Waals surface area contributed by atoms with E-state index in [2.05, 4.69) is 4.72 Å². The lowest BCUT2D eigenvalue weighted by Crippen LogP contribution is -2.44. The first kappa shape index (κ1) is 19.4. The second-order valence-corrected chi connectivity index (χ2v) is 8.14. The number of sulfonamides is 1. The number of carboxylic acid groups (broad SMARTS) is 1. The van der Waals surface area contributed by atoms with E-state index in [9.17, 15) is 23.1 Å². The molecule has 2 atom stereocenters. The lowest BCUT2D eigenvalue weighted by Gasteiger charge is -2.35. The predicted octanol–water partition coefficient (Wildman–Crippen LogP) is 1.52. The molecular formula is C17H24N2O5S. The molecular weight excluding hydrogens is 344 g/mol. The zero-order valence-corrected chi connectivity index (χ0v) is 15.0. The van der Waals surface area contributed by atoms with Crippen molar-refractivity contribution in [2.45, 2.75) is 44.7 Å². The van der Waals surface area contributed by atoms with E-state index in [1.807, 2.05) is 0 Å². The molecule has 0 spiro atoms. The van der Waals surface area contributed by atoms with Gasteiger partial charge in [-0.1, -0.05) is 30.3 Å². The van der Waals surface area contributed by atoms with Crippen molar-refractivity contribution in [3.05, 3.63) is 35.9 Å². The highest BCUT2D eigenvalue weighted by atomic mass is 32.2. The number of carbonyl (C=O) groups is 2. The van der Waals surface area contributed by atoms with Crippen LogP contribution in [-0.2, 0) is 19.6 Å². The lowest BCUT2D eigenvalue weighted by molar-refractivity contribution is -0.139. The molecule has 2 rings (SSSR count). The van der Waals surface area contributed by atoms with Crippen molar-refractivity contribution in [2.24, 2.45) is 0 Å². The number of aliphatic carboxylic acids is 1. The highest BCUT2D eigenvalue weighted by molar-refractivity contribution is 7.89. The smallest absolute Gasteiger partial charge is 0.326 e. The Morgan fingerprint density at radius 3 is 2.56 bits per heavy atom. The molecule has 2 N–H and O–H groups in total. The number of hydrogen-bond donors (Lipinski definition) is 2. The van der Waals surface area contributed by atoms with Crippen LogP contribution in [-0.4, -0.2) is 48.6 Å². The van der Waals surface area contributed by atoms with E-state index in [1.54, 1.807) is 35.2 Å². The highest BCUT2D eigenvalue weighted by Crippen LogP contribution is 2.21. The number of carbonyl (C=O) groups excluding carboxylic acids is 1. The summed E-state index contributed by atoms with van der Waals surface area (Å²) in [7, 11) is -3.79. The topological polar surface area (TPSA) is 104 Å². The van der Waals surface area contributed by atoms with Gasteiger partial charge in [-0.25, -0.2) is 8.42 Å². The van der Waals surface area contributed by atoms with Crippen LogP contribution in [0.3, 0.4) is 0 Å². The van der Waals surface area contributed by atoms with Crippen molar-refractivity contribution in [1.82, 2.24) is 9.62 Å². The number of benzene rings is 1. The zero-order chi connectivity index (χ0) is 18.4. The number of likely N-dealkylation sites (tertiary alicyclic amines) is 1. The minimum absolute atomic E-state index is 0.0530. The molecule has 1 unspecified atom stereocenters. The van der Waals surface area contributed by atoms with Crippen molar-refractivity contribution < 1.29 is 23.1 Å². The number of hydrogen-bond acceptors (Lipinski definition) is 4. The van der Waals surface area contributed by atoms with Crippen LogP contribution in [0.15, 0.2) is 30.3 Å². The number of nitrogens with one attached hydrogen (secondary N) is 1. The fraction of sp³-hybridized carbons (Fsp3) is 0.529. The van der Waals surface area contributed by atoms with E-state index in [1.165, 1.54) is 6.92 Å². The number of piperidine rings is 1. The Morgan fingerprint density at radius 1 is 1.28 bits per heavy atom. The van der Waals surface area contributed by atoms with Crippen LogP contribution in [0.1, 0.15) is 44.2 Å². The van der Waals surface area contributed by atoms with Crippen molar-refractivity contribution in [3.63, 3.8) is 0 Å². The molecule has 1 saturated heterocycles. The Hall–Kier alpha value is -1.93. The summed E-state index contributed by atoms with van der Waals surface area (Å²) in [6.07, 6.45) is 2.96. The van der Waals surface area contributed by atoms with Crippen LogP contribution in [0.4, 0.5) is 0 Å². The van der Waals surface area contributed by atoms with Crippen LogP contribution in [0.25, 0.3) is 0 Å². The van der Waals surface area contributed by atoms with Gasteiger partial charge in [0.1, 0.15) is 6.04 Å². The Morgan fingerprint density at radius 2 is 1.96 bits per heavy atom. The summed E-state index contributed by atoms with van der Waals surface area (Å²) < 4.78 is 27.0. The van der Waals surface area contributed by atoms with Gasteiger partial charge in [-0.3, -0.25) is 9.59 Å². The second-order valence-electron chi connectivity index (χ2n) is 6.27. The van der Waals surface area contributed by atoms with Crippen molar-refractivity contribution in [2.75, 3.05) is 12.3 Å². The summed E-state index contributed by atoms with van der Waals surface area (Å²) in [5, 5.41) is 9.34. The molecule has 1 fully saturated rings. The van der Waals surface area contributed by atoms with Gasteiger partial charge < -0.3 is 10.0 Å². The maximum Gasteiger partial charge on any atom is 0.326 e. The van der Waals surface area contributed by atoms with E-state index in [0.29, 0.717) is 18.5 Å². The summed E-state index contributed by atoms with van der Waals surface area (Å²) in [6, 6.07) is 6.76. The summed E-state index contributed by atoms with van der Waals surface area (Å²) in [6.45, 7) is 2.14. The third kappa shape index (κ3) is 5.54. The van der Waals surface area contributed by atoms with Gasteiger partial charge in [0.25, 0.3) is 0 Å². The van der Waals surface area contributed by atoms with Crippen molar-refractivity contribution in [3.8, 4) is 0 Å². The molecule has 1 aliphatic rings. The minimum Gasteiger partial charge on any atom is -0.480 e. The Balaban J connectivity index is 2.02. The SMILES string of the molecule is CC(=O)N1CCCCC1CCS(=O)(=O)N[C@@H](C(=O)O)c1ccccc1. The number of rotatable bonds is 7. The summed E-state index contributed by atoms with van der Waals surface area (Å²) in [5.74, 6) is -1.52. The largest absolute Gasteiger partial charge is 0.480 e. The van der Waals surface area contributed by atoms with E-state index in [-0.39, 0.29) is 17.7 Å². The normalized spacial score (nSPS) is 19.4. The summed E-state index contributed by atoms with van der Waals surface area (Å²) in [4.78, 5) is 24.8. The van der Waals surface area contributed by atoms with Gasteiger partial charge in [-0.15, -0.1) is 0 Å². The fourth-order valence-corrected chi connectivity index (χ4v) is 4.45. The maximum atomic E-state index is 12.4. The zero-order valence-electron chi connectivity index (χ0n) is 14.2. The molecule has 7 nitrogen and oxygen atoms in total. The average Bonchev–Trinajstić information content (AvgIpc) is 2.59. The van der Waals surface area contributed by atoms with Crippen LogP contribution < -0.4 is 4.72 Å². The fourth-order valence-electron chi connectivity index (χ4n) is 3.15. The Bertz CT molecular complexity index is 705. The predicted molar refractivity (Wildman–Crippen MR) is 93.4 cm³/mol. The highest BCUT2D eigenvalue weighted by Gasteiger charge is 2.29. The molecule has 25 heavy (non-hydrogen) atoms. The number of carboxylic acids is 1. The Labute approximate surface area is 148 Å². The van der Waals surface area contributed by atoms with Gasteiger partial charge >= 0.3 is 5.97 Å². The van der Waals surface area contributed by atoms with Crippen molar-refractivity contribution in [1.29, 1.82) is 0 Å². The van der Waals surface area contributed by atoms with E-state index >= 15 is 0 Å². The average molecular weight is 368 g/mol. The molecule has 8 heteroatoms. The molecule has 1 aliphatic heterocycles. The first-order chi connectivity index (χ1) is 11.8. The third-order valence-electron chi connectivity index (χ3n) is 4.43. The van der Waals surface area contributed by atoms with Crippen LogP contribution in [0.2, 0.25) is 0 Å². The van der Waals surface area contributed by atoms with Gasteiger partial charge in [-0.2, -0.15) is 4.72 Å². The molecule has 0 aromatic heterocycles. The molecule has 0 radical (unpaired) electrons. The summed E-state index contributed by atoms with van der Waals surface area (Å²) in [5.41, 5.74) is 0.376. The lowest BCUT2D eigenvalue weighted by atomic mass is 10.00. The minimum atomic E-state index is -3.79. The standard InChI is InChI=1S/C17H24N2O5S/c1-13(20)19-11-6-5-9-15(19)10-12-25(23,24)18-16(17(21)22)14-7-3-2-4-8-14/h2-4,7-8,15-16,18H,5-6,9-12H2,1H3,(H,21,22)/t15?,16-/m1/s1. The van der Waals surface area contributed by atoms with Gasteiger partial charge in [0.05, 0.1) is 5.75 Å². The van der Waals surface area contributed by atoms with Crippen molar-refractivity contribution >= 4 is 21.9 Å². The van der Waals surface area contributed by atoms with Gasteiger partial charge in [-0.05, 0) is 31.2 Å². The molecule has 1 aromatic rings. The molecule has 1 heterocycles. The van der Waals surface area contributed by atoms with Gasteiger partial charge in [0, 0.05) is 19.5 Å². The Kier molecular flexibility index (Phi) is 6.55. The molecule has 1 amide bonds. The van der Waals surface area contributed by atoms with Crippen LogP contribution in [0, 0.1) is 0 Å². The van der Waals surface area contributed by atoms with Crippen LogP contribution >= 0.6 is 0 Å². The molecule has 0 aliphatic carbocycles. The number of amides is 1. The first-order valence-electron chi connectivity index (χ1n) is 8.35. The van der Waals surface area contributed by atoms with E-state index < -0.39 is 22.0 Å². The second kappa shape index (κ2) is 8.44. The molecule has 0 saturated carbocycles. The third-order valence-corrected chi connectivity index (χ3v) is 5.80. The van der Waals surface area contributed by atoms with Gasteiger partial charge in [0.15, 0.2) is 0 Å². The molecule has 0 bridgehead atoms. The van der Waals surface area contributed by atoms with Crippen LogP contribution in [0.5, 0.6) is 0 Å². The maximum absolute atomic E-state index is 12.4. The monoisotopic (exact) mass is 368 g/mol. The first-order valence-corrected chi connectivity index (χ1v) is 10.0. The quantitative estimate of drug-likeness (QED) is 0.759. The summed E-state index contributed by atoms with van der Waals surface area (Å²) >= 11 is 0. The molecule has 1 aromatic carbocycles. The van der Waals surface area contributed by atoms with E-state index in [4.69, 9.17) is 0 Å². The van der Waals surface area contributed by atoms with E-state index in [0.717, 1.165) is 19.3 Å². The molecule has 138 valence electrons. The number of nitrogens with zero attached hydrogens (tertiary/aromatic N) is 1. The van der Waals surface area contributed by atoms with Gasteiger partial charge in [0.2, 0.25) is 15.9 Å².